The Labute approximate surface area is 119 Å². The van der Waals surface area contributed by atoms with E-state index in [9.17, 15) is 4.79 Å². The molecule has 0 radical (unpaired) electrons. The first-order chi connectivity index (χ1) is 8.82. The molecule has 3 nitrogen and oxygen atoms in total. The molecule has 1 amide bonds. The van der Waals surface area contributed by atoms with E-state index in [1.807, 2.05) is 13.8 Å². The van der Waals surface area contributed by atoms with Crippen LogP contribution in [0.25, 0.3) is 0 Å². The summed E-state index contributed by atoms with van der Waals surface area (Å²) < 4.78 is 0. The van der Waals surface area contributed by atoms with Gasteiger partial charge in [-0.25, -0.2) is 0 Å². The molecule has 2 atom stereocenters. The maximum atomic E-state index is 11.9. The number of rotatable bonds is 10. The van der Waals surface area contributed by atoms with Crippen LogP contribution >= 0.6 is 0 Å². The summed E-state index contributed by atoms with van der Waals surface area (Å²) in [6.07, 6.45) is 6.03. The summed E-state index contributed by atoms with van der Waals surface area (Å²) in [5.74, 6) is 0.110. The van der Waals surface area contributed by atoms with Crippen molar-refractivity contribution in [1.29, 1.82) is 0 Å². The van der Waals surface area contributed by atoms with Gasteiger partial charge in [-0.3, -0.25) is 4.79 Å². The van der Waals surface area contributed by atoms with Crippen LogP contribution < -0.4 is 10.6 Å². The van der Waals surface area contributed by atoms with E-state index in [0.717, 1.165) is 13.0 Å². The Balaban J connectivity index is 3.99. The maximum Gasteiger partial charge on any atom is 0.237 e. The molecule has 0 bridgehead atoms. The maximum absolute atomic E-state index is 11.9. The Hall–Kier alpha value is -0.570. The minimum Gasteiger partial charge on any atom is -0.352 e. The highest BCUT2D eigenvalue weighted by Gasteiger charge is 2.20. The fourth-order valence-electron chi connectivity index (χ4n) is 1.93. The molecular weight excluding hydrogens is 236 g/mol. The molecule has 0 aromatic carbocycles. The Morgan fingerprint density at radius 1 is 1.16 bits per heavy atom. The molecule has 0 spiro atoms. The van der Waals surface area contributed by atoms with Crippen molar-refractivity contribution in [2.45, 2.75) is 85.7 Å². The predicted molar refractivity (Wildman–Crippen MR) is 83.3 cm³/mol. The molecule has 114 valence electrons. The molecule has 0 saturated heterocycles. The topological polar surface area (TPSA) is 41.1 Å². The van der Waals surface area contributed by atoms with Crippen LogP contribution in [0.2, 0.25) is 0 Å². The second kappa shape index (κ2) is 9.35. The largest absolute Gasteiger partial charge is 0.352 e. The smallest absolute Gasteiger partial charge is 0.237 e. The molecule has 2 N–H and O–H groups in total. The second-order valence-electron chi connectivity index (χ2n) is 6.54. The summed E-state index contributed by atoms with van der Waals surface area (Å²) >= 11 is 0. The number of nitrogens with one attached hydrogen (secondary N) is 2. The van der Waals surface area contributed by atoms with Crippen molar-refractivity contribution in [2.24, 2.45) is 5.41 Å². The zero-order valence-electron chi connectivity index (χ0n) is 13.8. The van der Waals surface area contributed by atoms with E-state index in [1.54, 1.807) is 0 Å². The van der Waals surface area contributed by atoms with Gasteiger partial charge in [0.25, 0.3) is 0 Å². The van der Waals surface area contributed by atoms with E-state index in [1.165, 1.54) is 25.7 Å². The molecular formula is C16H34N2O. The van der Waals surface area contributed by atoms with Crippen molar-refractivity contribution < 1.29 is 4.79 Å². The molecule has 0 aliphatic rings. The number of carbonyl (C=O) groups excluding carboxylic acids is 1. The summed E-state index contributed by atoms with van der Waals surface area (Å²) in [6.45, 7) is 13.7. The van der Waals surface area contributed by atoms with Crippen LogP contribution in [-0.2, 0) is 4.79 Å². The SMILES string of the molecule is CCCCCC(C)(C)CNC(C)C(=O)NC(C)CC. The van der Waals surface area contributed by atoms with Gasteiger partial charge in [0.1, 0.15) is 0 Å². The van der Waals surface area contributed by atoms with E-state index in [-0.39, 0.29) is 23.4 Å². The lowest BCUT2D eigenvalue weighted by Gasteiger charge is -2.27. The molecule has 0 saturated carbocycles. The highest BCUT2D eigenvalue weighted by atomic mass is 16.2. The van der Waals surface area contributed by atoms with E-state index in [4.69, 9.17) is 0 Å². The molecule has 0 rings (SSSR count). The summed E-state index contributed by atoms with van der Waals surface area (Å²) in [5.41, 5.74) is 0.264. The summed E-state index contributed by atoms with van der Waals surface area (Å²) in [7, 11) is 0. The van der Waals surface area contributed by atoms with Crippen molar-refractivity contribution in [3.8, 4) is 0 Å². The van der Waals surface area contributed by atoms with E-state index < -0.39 is 0 Å². The highest BCUT2D eigenvalue weighted by Crippen LogP contribution is 2.22. The van der Waals surface area contributed by atoms with Crippen LogP contribution in [0, 0.1) is 5.41 Å². The first-order valence-electron chi connectivity index (χ1n) is 7.86. The van der Waals surface area contributed by atoms with Gasteiger partial charge in [-0.2, -0.15) is 0 Å². The summed E-state index contributed by atoms with van der Waals surface area (Å²) in [6, 6.07) is 0.147. The molecule has 19 heavy (non-hydrogen) atoms. The minimum atomic E-state index is -0.112. The van der Waals surface area contributed by atoms with Gasteiger partial charge in [0.05, 0.1) is 6.04 Å². The Kier molecular flexibility index (Phi) is 9.07. The van der Waals surface area contributed by atoms with Crippen molar-refractivity contribution in [3.63, 3.8) is 0 Å². The van der Waals surface area contributed by atoms with Crippen LogP contribution in [-0.4, -0.2) is 24.5 Å². The van der Waals surface area contributed by atoms with Crippen LogP contribution in [0.3, 0.4) is 0 Å². The molecule has 0 aliphatic heterocycles. The van der Waals surface area contributed by atoms with Gasteiger partial charge in [-0.1, -0.05) is 47.0 Å². The van der Waals surface area contributed by atoms with Gasteiger partial charge in [-0.15, -0.1) is 0 Å². The lowest BCUT2D eigenvalue weighted by molar-refractivity contribution is -0.123. The van der Waals surface area contributed by atoms with Gasteiger partial charge < -0.3 is 10.6 Å². The molecule has 0 aromatic heterocycles. The van der Waals surface area contributed by atoms with Crippen molar-refractivity contribution >= 4 is 5.91 Å². The summed E-state index contributed by atoms with van der Waals surface area (Å²) in [4.78, 5) is 11.9. The molecule has 0 aromatic rings. The van der Waals surface area contributed by atoms with Crippen molar-refractivity contribution in [2.75, 3.05) is 6.54 Å². The van der Waals surface area contributed by atoms with E-state index in [2.05, 4.69) is 38.3 Å². The zero-order valence-corrected chi connectivity index (χ0v) is 13.8. The summed E-state index contributed by atoms with van der Waals surface area (Å²) in [5, 5.41) is 6.38. The molecule has 3 heteroatoms. The molecule has 0 aliphatic carbocycles. The van der Waals surface area contributed by atoms with Crippen LogP contribution in [0.5, 0.6) is 0 Å². The average Bonchev–Trinajstić information content (AvgIpc) is 2.35. The number of hydrogen-bond donors (Lipinski definition) is 2. The third-order valence-electron chi connectivity index (χ3n) is 3.74. The van der Waals surface area contributed by atoms with Crippen molar-refractivity contribution in [1.82, 2.24) is 10.6 Å². The zero-order chi connectivity index (χ0) is 14.9. The predicted octanol–water partition coefficient (Wildman–Crippen LogP) is 3.49. The normalized spacial score (nSPS) is 15.1. The first kappa shape index (κ1) is 18.4. The Morgan fingerprint density at radius 2 is 1.79 bits per heavy atom. The standard InChI is InChI=1S/C16H34N2O/c1-7-9-10-11-16(5,6)12-17-14(4)15(19)18-13(3)8-2/h13-14,17H,7-12H2,1-6H3,(H,18,19). The highest BCUT2D eigenvalue weighted by molar-refractivity contribution is 5.81. The average molecular weight is 270 g/mol. The lowest BCUT2D eigenvalue weighted by Crippen LogP contribution is -2.47. The van der Waals surface area contributed by atoms with Crippen LogP contribution in [0.15, 0.2) is 0 Å². The molecule has 2 unspecified atom stereocenters. The van der Waals surface area contributed by atoms with Gasteiger partial charge in [0.15, 0.2) is 0 Å². The number of amides is 1. The van der Waals surface area contributed by atoms with Crippen molar-refractivity contribution in [3.05, 3.63) is 0 Å². The number of hydrogen-bond acceptors (Lipinski definition) is 2. The molecule has 0 heterocycles. The van der Waals surface area contributed by atoms with Gasteiger partial charge in [-0.05, 0) is 32.1 Å². The molecule has 0 fully saturated rings. The second-order valence-corrected chi connectivity index (χ2v) is 6.54. The van der Waals surface area contributed by atoms with Crippen LogP contribution in [0.1, 0.15) is 73.6 Å². The van der Waals surface area contributed by atoms with Gasteiger partial charge >= 0.3 is 0 Å². The van der Waals surface area contributed by atoms with Gasteiger partial charge in [0.2, 0.25) is 5.91 Å². The Bertz CT molecular complexity index is 251. The van der Waals surface area contributed by atoms with Crippen LogP contribution in [0.4, 0.5) is 0 Å². The minimum absolute atomic E-state index is 0.110. The Morgan fingerprint density at radius 3 is 2.32 bits per heavy atom. The van der Waals surface area contributed by atoms with E-state index in [0.29, 0.717) is 0 Å². The van der Waals surface area contributed by atoms with Gasteiger partial charge in [0, 0.05) is 12.6 Å². The van der Waals surface area contributed by atoms with E-state index >= 15 is 0 Å². The third kappa shape index (κ3) is 9.04. The monoisotopic (exact) mass is 270 g/mol. The lowest BCUT2D eigenvalue weighted by atomic mass is 9.86. The fraction of sp³-hybridized carbons (Fsp3) is 0.938. The number of carbonyl (C=O) groups is 1. The quantitative estimate of drug-likeness (QED) is 0.597. The first-order valence-corrected chi connectivity index (χ1v) is 7.86. The number of unbranched alkanes of at least 4 members (excludes halogenated alkanes) is 2. The fourth-order valence-corrected chi connectivity index (χ4v) is 1.93. The third-order valence-corrected chi connectivity index (χ3v) is 3.74.